The Bertz CT molecular complexity index is 291. The highest BCUT2D eigenvalue weighted by atomic mass is 16.4. The molecule has 0 spiro atoms. The standard InChI is InChI=1S/C14H25NO3/c1-3-4-5-6-7-13(16)15-9-8-11(2)10-12(15)14(17)18/h11-12H,3-10H2,1-2H3,(H,17,18). The summed E-state index contributed by atoms with van der Waals surface area (Å²) in [7, 11) is 0. The minimum Gasteiger partial charge on any atom is -0.480 e. The summed E-state index contributed by atoms with van der Waals surface area (Å²) in [5.41, 5.74) is 0. The van der Waals surface area contributed by atoms with E-state index in [0.29, 0.717) is 25.3 Å². The van der Waals surface area contributed by atoms with Gasteiger partial charge < -0.3 is 10.0 Å². The largest absolute Gasteiger partial charge is 0.480 e. The van der Waals surface area contributed by atoms with Crippen molar-refractivity contribution in [3.05, 3.63) is 0 Å². The Morgan fingerprint density at radius 1 is 1.28 bits per heavy atom. The van der Waals surface area contributed by atoms with Gasteiger partial charge in [0.05, 0.1) is 0 Å². The number of hydrogen-bond acceptors (Lipinski definition) is 2. The van der Waals surface area contributed by atoms with Crippen molar-refractivity contribution in [1.82, 2.24) is 4.90 Å². The zero-order valence-corrected chi connectivity index (χ0v) is 11.5. The molecule has 1 saturated heterocycles. The van der Waals surface area contributed by atoms with Crippen molar-refractivity contribution < 1.29 is 14.7 Å². The number of aliphatic carboxylic acids is 1. The molecule has 0 aliphatic carbocycles. The summed E-state index contributed by atoms with van der Waals surface area (Å²) < 4.78 is 0. The first-order valence-electron chi connectivity index (χ1n) is 7.08. The van der Waals surface area contributed by atoms with Gasteiger partial charge in [-0.15, -0.1) is 0 Å². The summed E-state index contributed by atoms with van der Waals surface area (Å²) in [6.07, 6.45) is 6.24. The van der Waals surface area contributed by atoms with E-state index in [-0.39, 0.29) is 5.91 Å². The third kappa shape index (κ3) is 4.31. The van der Waals surface area contributed by atoms with Crippen molar-refractivity contribution in [2.24, 2.45) is 5.92 Å². The van der Waals surface area contributed by atoms with E-state index in [9.17, 15) is 14.7 Å². The zero-order valence-electron chi connectivity index (χ0n) is 11.5. The van der Waals surface area contributed by atoms with Crippen molar-refractivity contribution in [1.29, 1.82) is 0 Å². The molecule has 1 heterocycles. The van der Waals surface area contributed by atoms with Crippen molar-refractivity contribution in [3.8, 4) is 0 Å². The van der Waals surface area contributed by atoms with Gasteiger partial charge in [0.2, 0.25) is 5.91 Å². The SMILES string of the molecule is CCCCCCC(=O)N1CCC(C)CC1C(=O)O. The average Bonchev–Trinajstić information content (AvgIpc) is 2.34. The Morgan fingerprint density at radius 2 is 2.00 bits per heavy atom. The molecule has 2 atom stereocenters. The molecule has 4 heteroatoms. The third-order valence-corrected chi connectivity index (χ3v) is 3.71. The molecular formula is C14H25NO3. The number of carboxylic acids is 1. The smallest absolute Gasteiger partial charge is 0.326 e. The van der Waals surface area contributed by atoms with E-state index in [1.165, 1.54) is 0 Å². The van der Waals surface area contributed by atoms with Crippen LogP contribution >= 0.6 is 0 Å². The lowest BCUT2D eigenvalue weighted by molar-refractivity contribution is -0.153. The van der Waals surface area contributed by atoms with E-state index in [1.807, 2.05) is 0 Å². The topological polar surface area (TPSA) is 57.6 Å². The van der Waals surface area contributed by atoms with Gasteiger partial charge in [-0.05, 0) is 25.2 Å². The van der Waals surface area contributed by atoms with Crippen LogP contribution in [0.15, 0.2) is 0 Å². The van der Waals surface area contributed by atoms with Gasteiger partial charge in [-0.2, -0.15) is 0 Å². The van der Waals surface area contributed by atoms with Gasteiger partial charge in [-0.25, -0.2) is 4.79 Å². The second kappa shape index (κ2) is 7.39. The van der Waals surface area contributed by atoms with Gasteiger partial charge in [0, 0.05) is 13.0 Å². The van der Waals surface area contributed by atoms with Gasteiger partial charge in [0.15, 0.2) is 0 Å². The van der Waals surface area contributed by atoms with Crippen LogP contribution in [0.4, 0.5) is 0 Å². The Balaban J connectivity index is 2.46. The number of carboxylic acid groups (broad SMARTS) is 1. The lowest BCUT2D eigenvalue weighted by Crippen LogP contribution is -2.49. The molecule has 0 saturated carbocycles. The van der Waals surface area contributed by atoms with Crippen molar-refractivity contribution in [3.63, 3.8) is 0 Å². The highest BCUT2D eigenvalue weighted by molar-refractivity contribution is 5.83. The molecule has 1 rings (SSSR count). The maximum Gasteiger partial charge on any atom is 0.326 e. The maximum absolute atomic E-state index is 12.0. The molecular weight excluding hydrogens is 230 g/mol. The van der Waals surface area contributed by atoms with Crippen molar-refractivity contribution >= 4 is 11.9 Å². The summed E-state index contributed by atoms with van der Waals surface area (Å²) in [6.45, 7) is 4.79. The molecule has 0 bridgehead atoms. The fourth-order valence-electron chi connectivity index (χ4n) is 2.52. The first kappa shape index (κ1) is 15.0. The minimum absolute atomic E-state index is 0.0189. The number of likely N-dealkylation sites (tertiary alicyclic amines) is 1. The molecule has 0 aromatic heterocycles. The molecule has 1 aliphatic rings. The number of carbonyl (C=O) groups excluding carboxylic acids is 1. The summed E-state index contributed by atoms with van der Waals surface area (Å²) >= 11 is 0. The highest BCUT2D eigenvalue weighted by Crippen LogP contribution is 2.23. The van der Waals surface area contributed by atoms with Crippen LogP contribution in [0.3, 0.4) is 0 Å². The number of piperidine rings is 1. The van der Waals surface area contributed by atoms with E-state index in [4.69, 9.17) is 0 Å². The van der Waals surface area contributed by atoms with Gasteiger partial charge in [0.25, 0.3) is 0 Å². The minimum atomic E-state index is -0.858. The molecule has 2 unspecified atom stereocenters. The first-order valence-corrected chi connectivity index (χ1v) is 7.08. The lowest BCUT2D eigenvalue weighted by atomic mass is 9.92. The Hall–Kier alpha value is -1.06. The first-order chi connectivity index (χ1) is 8.56. The Labute approximate surface area is 109 Å². The van der Waals surface area contributed by atoms with Gasteiger partial charge in [-0.3, -0.25) is 4.79 Å². The molecule has 0 aromatic carbocycles. The Morgan fingerprint density at radius 3 is 2.61 bits per heavy atom. The predicted molar refractivity (Wildman–Crippen MR) is 70.3 cm³/mol. The van der Waals surface area contributed by atoms with E-state index in [1.54, 1.807) is 4.90 Å². The number of rotatable bonds is 6. The number of nitrogens with zero attached hydrogens (tertiary/aromatic N) is 1. The lowest BCUT2D eigenvalue weighted by Gasteiger charge is -2.36. The third-order valence-electron chi connectivity index (χ3n) is 3.71. The summed E-state index contributed by atoms with van der Waals surface area (Å²) in [4.78, 5) is 24.8. The Kier molecular flexibility index (Phi) is 6.16. The maximum atomic E-state index is 12.0. The fraction of sp³-hybridized carbons (Fsp3) is 0.857. The average molecular weight is 255 g/mol. The second-order valence-electron chi connectivity index (χ2n) is 5.38. The van der Waals surface area contributed by atoms with Gasteiger partial charge >= 0.3 is 5.97 Å². The van der Waals surface area contributed by atoms with Gasteiger partial charge in [0.1, 0.15) is 6.04 Å². The molecule has 1 amide bonds. The van der Waals surface area contributed by atoms with Crippen molar-refractivity contribution in [2.45, 2.75) is 64.8 Å². The van der Waals surface area contributed by atoms with Crippen LogP contribution in [-0.2, 0) is 9.59 Å². The van der Waals surface area contributed by atoms with Crippen LogP contribution in [0.1, 0.15) is 58.8 Å². The number of unbranched alkanes of at least 4 members (excludes halogenated alkanes) is 3. The van der Waals surface area contributed by atoms with Gasteiger partial charge in [-0.1, -0.05) is 33.1 Å². The van der Waals surface area contributed by atoms with Crippen molar-refractivity contribution in [2.75, 3.05) is 6.54 Å². The highest BCUT2D eigenvalue weighted by Gasteiger charge is 2.34. The molecule has 104 valence electrons. The number of hydrogen-bond donors (Lipinski definition) is 1. The monoisotopic (exact) mass is 255 g/mol. The quantitative estimate of drug-likeness (QED) is 0.742. The second-order valence-corrected chi connectivity index (χ2v) is 5.38. The molecule has 1 fully saturated rings. The van der Waals surface area contributed by atoms with E-state index >= 15 is 0 Å². The summed E-state index contributed by atoms with van der Waals surface area (Å²) in [6, 6.07) is -0.604. The van der Waals surface area contributed by atoms with Crippen LogP contribution in [0.25, 0.3) is 0 Å². The van der Waals surface area contributed by atoms with E-state index < -0.39 is 12.0 Å². The summed E-state index contributed by atoms with van der Waals surface area (Å²) in [5, 5.41) is 9.19. The zero-order chi connectivity index (χ0) is 13.5. The normalized spacial score (nSPS) is 24.0. The molecule has 1 N–H and O–H groups in total. The van der Waals surface area contributed by atoms with Crippen LogP contribution in [-0.4, -0.2) is 34.5 Å². The van der Waals surface area contributed by atoms with Crippen LogP contribution in [0, 0.1) is 5.92 Å². The number of carbonyl (C=O) groups is 2. The number of amides is 1. The molecule has 4 nitrogen and oxygen atoms in total. The molecule has 0 aromatic rings. The van der Waals surface area contributed by atoms with Crippen LogP contribution in [0.5, 0.6) is 0 Å². The molecule has 1 aliphatic heterocycles. The van der Waals surface area contributed by atoms with Crippen LogP contribution in [0.2, 0.25) is 0 Å². The fourth-order valence-corrected chi connectivity index (χ4v) is 2.52. The van der Waals surface area contributed by atoms with E-state index in [0.717, 1.165) is 32.1 Å². The van der Waals surface area contributed by atoms with E-state index in [2.05, 4.69) is 13.8 Å². The summed E-state index contributed by atoms with van der Waals surface area (Å²) in [5.74, 6) is -0.441. The molecule has 0 radical (unpaired) electrons. The van der Waals surface area contributed by atoms with Crippen LogP contribution < -0.4 is 0 Å². The molecule has 18 heavy (non-hydrogen) atoms. The predicted octanol–water partition coefficient (Wildman–Crippen LogP) is 2.67.